The third-order valence-electron chi connectivity index (χ3n) is 3.49. The van der Waals surface area contributed by atoms with E-state index in [1.165, 1.54) is 0 Å². The first-order valence-corrected chi connectivity index (χ1v) is 7.34. The van der Waals surface area contributed by atoms with Crippen molar-refractivity contribution in [2.75, 3.05) is 6.54 Å². The molecular weight excluding hydrogens is 300 g/mol. The molecule has 3 rings (SSSR count). The lowest BCUT2D eigenvalue weighted by Crippen LogP contribution is -2.25. The molecular formula is C17H15ClN2O2. The van der Waals surface area contributed by atoms with Gasteiger partial charge in [0, 0.05) is 11.9 Å². The van der Waals surface area contributed by atoms with Gasteiger partial charge in [-0.2, -0.15) is 0 Å². The average molecular weight is 315 g/mol. The number of fused-ring (bicyclic) bond motifs is 1. The van der Waals surface area contributed by atoms with Crippen LogP contribution in [0.3, 0.4) is 0 Å². The lowest BCUT2D eigenvalue weighted by Gasteiger charge is -2.04. The topological polar surface area (TPSA) is 65.1 Å². The highest BCUT2D eigenvalue weighted by molar-refractivity contribution is 6.35. The van der Waals surface area contributed by atoms with E-state index in [9.17, 15) is 9.90 Å². The molecule has 2 aromatic carbocycles. The van der Waals surface area contributed by atoms with Crippen molar-refractivity contribution in [1.29, 1.82) is 0 Å². The van der Waals surface area contributed by atoms with Gasteiger partial charge >= 0.3 is 0 Å². The Morgan fingerprint density at radius 2 is 1.95 bits per heavy atom. The summed E-state index contributed by atoms with van der Waals surface area (Å²) < 4.78 is 0. The van der Waals surface area contributed by atoms with Gasteiger partial charge in [0.05, 0.1) is 10.5 Å². The van der Waals surface area contributed by atoms with Crippen LogP contribution in [0.1, 0.15) is 16.1 Å². The maximum Gasteiger partial charge on any atom is 0.267 e. The third kappa shape index (κ3) is 3.07. The average Bonchev–Trinajstić information content (AvgIpc) is 2.95. The molecule has 1 amide bonds. The minimum absolute atomic E-state index is 0.161. The van der Waals surface area contributed by atoms with Gasteiger partial charge in [-0.25, -0.2) is 0 Å². The van der Waals surface area contributed by atoms with Crippen LogP contribution in [0.5, 0.6) is 5.75 Å². The Morgan fingerprint density at radius 3 is 2.68 bits per heavy atom. The van der Waals surface area contributed by atoms with Gasteiger partial charge in [0.25, 0.3) is 5.91 Å². The van der Waals surface area contributed by atoms with Crippen LogP contribution in [0, 0.1) is 0 Å². The number of amides is 1. The normalized spacial score (nSPS) is 10.8. The number of para-hydroxylation sites is 1. The van der Waals surface area contributed by atoms with E-state index in [0.717, 1.165) is 16.5 Å². The van der Waals surface area contributed by atoms with Crippen LogP contribution < -0.4 is 5.32 Å². The molecule has 5 heteroatoms. The lowest BCUT2D eigenvalue weighted by molar-refractivity contribution is 0.0950. The van der Waals surface area contributed by atoms with Crippen molar-refractivity contribution in [3.8, 4) is 5.75 Å². The fourth-order valence-electron chi connectivity index (χ4n) is 2.32. The molecule has 0 bridgehead atoms. The Morgan fingerprint density at radius 1 is 1.18 bits per heavy atom. The fourth-order valence-corrected chi connectivity index (χ4v) is 2.55. The van der Waals surface area contributed by atoms with E-state index in [-0.39, 0.29) is 11.7 Å². The van der Waals surface area contributed by atoms with Gasteiger partial charge in [0.15, 0.2) is 0 Å². The van der Waals surface area contributed by atoms with Crippen molar-refractivity contribution in [3.05, 3.63) is 64.8 Å². The molecule has 1 heterocycles. The van der Waals surface area contributed by atoms with Gasteiger partial charge in [-0.1, -0.05) is 35.9 Å². The summed E-state index contributed by atoms with van der Waals surface area (Å²) in [4.78, 5) is 15.2. The maximum atomic E-state index is 12.1. The number of benzene rings is 2. The second-order valence-electron chi connectivity index (χ2n) is 5.06. The first-order valence-electron chi connectivity index (χ1n) is 6.97. The summed E-state index contributed by atoms with van der Waals surface area (Å²) in [7, 11) is 0. The molecule has 0 atom stereocenters. The van der Waals surface area contributed by atoms with Gasteiger partial charge < -0.3 is 15.4 Å². The molecule has 0 saturated heterocycles. The minimum atomic E-state index is -0.161. The molecule has 3 aromatic rings. The zero-order valence-electron chi connectivity index (χ0n) is 11.8. The summed E-state index contributed by atoms with van der Waals surface area (Å²) in [5.74, 6) is 0.0776. The number of carbonyl (C=O) groups excluding carboxylic acids is 1. The predicted molar refractivity (Wildman–Crippen MR) is 87.5 cm³/mol. The number of aromatic amines is 1. The van der Waals surface area contributed by atoms with E-state index in [0.29, 0.717) is 23.7 Å². The number of halogens is 1. The van der Waals surface area contributed by atoms with Gasteiger partial charge in [-0.3, -0.25) is 4.79 Å². The van der Waals surface area contributed by atoms with Crippen LogP contribution in [-0.2, 0) is 6.42 Å². The van der Waals surface area contributed by atoms with Crippen molar-refractivity contribution in [1.82, 2.24) is 10.3 Å². The highest BCUT2D eigenvalue weighted by Gasteiger charge is 2.10. The number of phenolic OH excluding ortho intramolecular Hbond substituents is 1. The summed E-state index contributed by atoms with van der Waals surface area (Å²) in [5, 5.41) is 13.6. The van der Waals surface area contributed by atoms with Crippen LogP contribution in [0.4, 0.5) is 0 Å². The Balaban J connectivity index is 1.63. The number of hydrogen-bond donors (Lipinski definition) is 3. The first-order chi connectivity index (χ1) is 10.6. The monoisotopic (exact) mass is 314 g/mol. The molecule has 1 aromatic heterocycles. The molecule has 112 valence electrons. The van der Waals surface area contributed by atoms with E-state index in [2.05, 4.69) is 10.3 Å². The summed E-state index contributed by atoms with van der Waals surface area (Å²) >= 11 is 6.09. The van der Waals surface area contributed by atoms with Gasteiger partial charge in [-0.05, 0) is 36.2 Å². The number of carbonyl (C=O) groups is 1. The van der Waals surface area contributed by atoms with Crippen molar-refractivity contribution in [2.45, 2.75) is 6.42 Å². The zero-order valence-corrected chi connectivity index (χ0v) is 12.5. The van der Waals surface area contributed by atoms with Crippen molar-refractivity contribution in [3.63, 3.8) is 0 Å². The third-order valence-corrected chi connectivity index (χ3v) is 3.80. The van der Waals surface area contributed by atoms with Crippen LogP contribution in [0.2, 0.25) is 5.02 Å². The Labute approximate surface area is 132 Å². The van der Waals surface area contributed by atoms with Crippen molar-refractivity contribution < 1.29 is 9.90 Å². The second-order valence-corrected chi connectivity index (χ2v) is 5.47. The number of phenols is 1. The molecule has 0 aliphatic rings. The quantitative estimate of drug-likeness (QED) is 0.690. The number of H-pyrrole nitrogens is 1. The van der Waals surface area contributed by atoms with Gasteiger partial charge in [0.2, 0.25) is 0 Å². The fraction of sp³-hybridized carbons (Fsp3) is 0.118. The predicted octanol–water partition coefficient (Wildman–Crippen LogP) is 3.50. The molecule has 0 saturated carbocycles. The van der Waals surface area contributed by atoms with Crippen LogP contribution >= 0.6 is 11.6 Å². The SMILES string of the molecule is O=C(NCCc1ccc(O)cc1)c1cc2cccc(Cl)c2[nH]1. The molecule has 3 N–H and O–H groups in total. The van der Waals surface area contributed by atoms with Crippen molar-refractivity contribution in [2.24, 2.45) is 0 Å². The smallest absolute Gasteiger partial charge is 0.267 e. The summed E-state index contributed by atoms with van der Waals surface area (Å²) in [5.41, 5.74) is 2.32. The Kier molecular flexibility index (Phi) is 4.02. The minimum Gasteiger partial charge on any atom is -0.508 e. The number of aromatic hydroxyl groups is 1. The first kappa shape index (κ1) is 14.5. The van der Waals surface area contributed by atoms with Gasteiger partial charge in [-0.15, -0.1) is 0 Å². The van der Waals surface area contributed by atoms with E-state index in [1.807, 2.05) is 24.3 Å². The Bertz CT molecular complexity index is 809. The van der Waals surface area contributed by atoms with Crippen LogP contribution in [-0.4, -0.2) is 22.5 Å². The highest BCUT2D eigenvalue weighted by Crippen LogP contribution is 2.23. The van der Waals surface area contributed by atoms with E-state index in [1.54, 1.807) is 24.3 Å². The number of rotatable bonds is 4. The lowest BCUT2D eigenvalue weighted by atomic mass is 10.1. The van der Waals surface area contributed by atoms with Crippen LogP contribution in [0.15, 0.2) is 48.5 Å². The summed E-state index contributed by atoms with van der Waals surface area (Å²) in [6.07, 6.45) is 0.701. The molecule has 0 radical (unpaired) electrons. The second kappa shape index (κ2) is 6.12. The molecule has 0 fully saturated rings. The maximum absolute atomic E-state index is 12.1. The number of aromatic nitrogens is 1. The number of hydrogen-bond acceptors (Lipinski definition) is 2. The molecule has 0 aliphatic heterocycles. The molecule has 22 heavy (non-hydrogen) atoms. The van der Waals surface area contributed by atoms with E-state index < -0.39 is 0 Å². The zero-order chi connectivity index (χ0) is 15.5. The number of nitrogens with one attached hydrogen (secondary N) is 2. The Hall–Kier alpha value is -2.46. The molecule has 0 aliphatic carbocycles. The van der Waals surface area contributed by atoms with Gasteiger partial charge in [0.1, 0.15) is 11.4 Å². The van der Waals surface area contributed by atoms with E-state index >= 15 is 0 Å². The standard InChI is InChI=1S/C17H15ClN2O2/c18-14-3-1-2-12-10-15(20-16(12)14)17(22)19-9-8-11-4-6-13(21)7-5-11/h1-7,10,20-21H,8-9H2,(H,19,22). The van der Waals surface area contributed by atoms with Crippen LogP contribution in [0.25, 0.3) is 10.9 Å². The summed E-state index contributed by atoms with van der Waals surface area (Å²) in [6, 6.07) is 14.3. The molecule has 4 nitrogen and oxygen atoms in total. The van der Waals surface area contributed by atoms with Crippen molar-refractivity contribution >= 4 is 28.4 Å². The summed E-state index contributed by atoms with van der Waals surface area (Å²) in [6.45, 7) is 0.521. The largest absolute Gasteiger partial charge is 0.508 e. The molecule has 0 unspecified atom stereocenters. The highest BCUT2D eigenvalue weighted by atomic mass is 35.5. The van der Waals surface area contributed by atoms with E-state index in [4.69, 9.17) is 11.6 Å². The molecule has 0 spiro atoms.